The van der Waals surface area contributed by atoms with Gasteiger partial charge in [-0.25, -0.2) is 0 Å². The van der Waals surface area contributed by atoms with Gasteiger partial charge in [-0.3, -0.25) is 4.79 Å². The highest BCUT2D eigenvalue weighted by atomic mass is 79.9. The molecule has 3 rings (SSSR count). The monoisotopic (exact) mass is 371 g/mol. The Morgan fingerprint density at radius 3 is 3.00 bits per heavy atom. The smallest absolute Gasteiger partial charge is 0.243 e. The molecule has 1 amide bonds. The van der Waals surface area contributed by atoms with Gasteiger partial charge in [-0.15, -0.1) is 0 Å². The molecule has 1 aromatic rings. The summed E-state index contributed by atoms with van der Waals surface area (Å²) in [5, 5.41) is 4.04. The number of hydrogen-bond acceptors (Lipinski definition) is 3. The van der Waals surface area contributed by atoms with Crippen LogP contribution in [-0.4, -0.2) is 35.5 Å². The van der Waals surface area contributed by atoms with Crippen LogP contribution in [0.1, 0.15) is 25.7 Å². The van der Waals surface area contributed by atoms with Crippen LogP contribution >= 0.6 is 27.5 Å². The zero-order valence-corrected chi connectivity index (χ0v) is 14.1. The summed E-state index contributed by atoms with van der Waals surface area (Å²) >= 11 is 9.43. The summed E-state index contributed by atoms with van der Waals surface area (Å²) < 4.78 is 0.812. The molecule has 4 nitrogen and oxygen atoms in total. The summed E-state index contributed by atoms with van der Waals surface area (Å²) in [6.07, 6.45) is 3.90. The third-order valence-corrected chi connectivity index (χ3v) is 5.90. The molecule has 0 spiro atoms. The first-order valence-electron chi connectivity index (χ1n) is 7.27. The predicted molar refractivity (Wildman–Crippen MR) is 88.5 cm³/mol. The van der Waals surface area contributed by atoms with E-state index in [0.717, 1.165) is 42.5 Å². The maximum absolute atomic E-state index is 12.1. The summed E-state index contributed by atoms with van der Waals surface area (Å²) in [4.78, 5) is 14.6. The van der Waals surface area contributed by atoms with Gasteiger partial charge in [0, 0.05) is 22.7 Å². The molecule has 3 N–H and O–H groups in total. The molecule has 6 heteroatoms. The van der Waals surface area contributed by atoms with Crippen LogP contribution in [0.3, 0.4) is 0 Å². The molecule has 0 bridgehead atoms. The van der Waals surface area contributed by atoms with E-state index in [-0.39, 0.29) is 5.91 Å². The van der Waals surface area contributed by atoms with Crippen LogP contribution < -0.4 is 11.1 Å². The highest BCUT2D eigenvalue weighted by Crippen LogP contribution is 2.36. The number of benzene rings is 1. The van der Waals surface area contributed by atoms with Gasteiger partial charge in [-0.1, -0.05) is 11.6 Å². The van der Waals surface area contributed by atoms with Crippen molar-refractivity contribution in [3.05, 3.63) is 27.7 Å². The number of carbonyl (C=O) groups excluding carboxylic acids is 1. The van der Waals surface area contributed by atoms with Crippen molar-refractivity contribution in [2.75, 3.05) is 18.4 Å². The zero-order chi connectivity index (χ0) is 15.0. The van der Waals surface area contributed by atoms with Crippen molar-refractivity contribution in [2.45, 2.75) is 37.3 Å². The predicted octanol–water partition coefficient (Wildman–Crippen LogP) is 3.00. The van der Waals surface area contributed by atoms with Crippen molar-refractivity contribution < 1.29 is 4.79 Å². The summed E-state index contributed by atoms with van der Waals surface area (Å²) in [7, 11) is 0. The lowest BCUT2D eigenvalue weighted by Gasteiger charge is -2.43. The second-order valence-electron chi connectivity index (χ2n) is 5.99. The van der Waals surface area contributed by atoms with Crippen molar-refractivity contribution in [2.24, 2.45) is 5.73 Å². The lowest BCUT2D eigenvalue weighted by Crippen LogP contribution is -2.59. The highest BCUT2D eigenvalue weighted by Gasteiger charge is 2.45. The van der Waals surface area contributed by atoms with E-state index < -0.39 is 5.54 Å². The molecule has 2 atom stereocenters. The number of nitrogens with zero attached hydrogens (tertiary/aromatic N) is 1. The second kappa shape index (κ2) is 5.78. The highest BCUT2D eigenvalue weighted by molar-refractivity contribution is 9.10. The Bertz CT molecular complexity index is 568. The molecule has 2 unspecified atom stereocenters. The van der Waals surface area contributed by atoms with Gasteiger partial charge in [0.15, 0.2) is 0 Å². The number of primary amides is 1. The van der Waals surface area contributed by atoms with Crippen LogP contribution in [0.2, 0.25) is 5.02 Å². The van der Waals surface area contributed by atoms with Crippen molar-refractivity contribution in [1.29, 1.82) is 0 Å². The maximum atomic E-state index is 12.1. The van der Waals surface area contributed by atoms with Crippen LogP contribution in [0, 0.1) is 0 Å². The SMILES string of the molecule is NC(=O)C1(Nc2ccc(Cl)c(Br)c2)CCN2CCCC2C1. The van der Waals surface area contributed by atoms with E-state index >= 15 is 0 Å². The molecule has 2 fully saturated rings. The number of carbonyl (C=O) groups is 1. The molecular weight excluding hydrogens is 354 g/mol. The van der Waals surface area contributed by atoms with E-state index in [2.05, 4.69) is 26.1 Å². The number of fused-ring (bicyclic) bond motifs is 1. The molecular formula is C15H19BrClN3O. The van der Waals surface area contributed by atoms with Crippen LogP contribution in [0.15, 0.2) is 22.7 Å². The van der Waals surface area contributed by atoms with Gasteiger partial charge in [-0.2, -0.15) is 0 Å². The number of piperidine rings is 1. The fraction of sp³-hybridized carbons (Fsp3) is 0.533. The fourth-order valence-electron chi connectivity index (χ4n) is 3.51. The van der Waals surface area contributed by atoms with E-state index in [4.69, 9.17) is 17.3 Å². The first kappa shape index (κ1) is 15.1. The molecule has 0 radical (unpaired) electrons. The first-order chi connectivity index (χ1) is 10.00. The van der Waals surface area contributed by atoms with Crippen LogP contribution in [0.25, 0.3) is 0 Å². The van der Waals surface area contributed by atoms with E-state index in [1.54, 1.807) is 0 Å². The molecule has 0 aromatic heterocycles. The third kappa shape index (κ3) is 2.91. The van der Waals surface area contributed by atoms with Gasteiger partial charge < -0.3 is 16.0 Å². The van der Waals surface area contributed by atoms with E-state index in [0.29, 0.717) is 11.1 Å². The van der Waals surface area contributed by atoms with Crippen LogP contribution in [0.5, 0.6) is 0 Å². The third-order valence-electron chi connectivity index (χ3n) is 4.68. The minimum Gasteiger partial charge on any atom is -0.371 e. The topological polar surface area (TPSA) is 58.4 Å². The van der Waals surface area contributed by atoms with Crippen molar-refractivity contribution in [3.8, 4) is 0 Å². The largest absolute Gasteiger partial charge is 0.371 e. The average Bonchev–Trinajstić information content (AvgIpc) is 2.90. The van der Waals surface area contributed by atoms with Crippen LogP contribution in [-0.2, 0) is 4.79 Å². The van der Waals surface area contributed by atoms with Gasteiger partial charge in [0.25, 0.3) is 0 Å². The van der Waals surface area contributed by atoms with Crippen molar-refractivity contribution in [1.82, 2.24) is 4.90 Å². The van der Waals surface area contributed by atoms with E-state index in [1.807, 2.05) is 18.2 Å². The summed E-state index contributed by atoms with van der Waals surface area (Å²) in [6.45, 7) is 2.07. The number of rotatable bonds is 3. The normalized spacial score (nSPS) is 29.1. The minimum absolute atomic E-state index is 0.264. The van der Waals surface area contributed by atoms with E-state index in [9.17, 15) is 4.79 Å². The van der Waals surface area contributed by atoms with Gasteiger partial charge >= 0.3 is 0 Å². The summed E-state index contributed by atoms with van der Waals surface area (Å²) in [5.74, 6) is -0.264. The molecule has 2 saturated heterocycles. The fourth-order valence-corrected chi connectivity index (χ4v) is 4.00. The Labute approximate surface area is 138 Å². The Kier molecular flexibility index (Phi) is 4.17. The lowest BCUT2D eigenvalue weighted by atomic mass is 9.82. The number of nitrogens with two attached hydrogens (primary N) is 1. The Balaban J connectivity index is 1.84. The molecule has 0 aliphatic carbocycles. The van der Waals surface area contributed by atoms with Crippen molar-refractivity contribution >= 4 is 39.1 Å². The summed E-state index contributed by atoms with van der Waals surface area (Å²) in [6, 6.07) is 6.06. The number of nitrogens with one attached hydrogen (secondary N) is 1. The molecule has 2 aliphatic heterocycles. The molecule has 1 aromatic carbocycles. The quantitative estimate of drug-likeness (QED) is 0.857. The van der Waals surface area contributed by atoms with E-state index in [1.165, 1.54) is 6.42 Å². The Morgan fingerprint density at radius 1 is 1.48 bits per heavy atom. The second-order valence-corrected chi connectivity index (χ2v) is 7.25. The van der Waals surface area contributed by atoms with Gasteiger partial charge in [0.2, 0.25) is 5.91 Å². The number of hydrogen-bond donors (Lipinski definition) is 2. The Morgan fingerprint density at radius 2 is 2.29 bits per heavy atom. The maximum Gasteiger partial charge on any atom is 0.243 e. The standard InChI is InChI=1S/C15H19BrClN3O/c16-12-8-10(3-4-13(12)17)19-15(14(18)21)5-7-20-6-1-2-11(20)9-15/h3-4,8,11,19H,1-2,5-7,9H2,(H2,18,21). The average molecular weight is 373 g/mol. The first-order valence-corrected chi connectivity index (χ1v) is 8.44. The number of amides is 1. The van der Waals surface area contributed by atoms with Gasteiger partial charge in [0.1, 0.15) is 5.54 Å². The summed E-state index contributed by atoms with van der Waals surface area (Å²) in [5.41, 5.74) is 5.96. The minimum atomic E-state index is -0.654. The zero-order valence-electron chi connectivity index (χ0n) is 11.7. The van der Waals surface area contributed by atoms with Gasteiger partial charge in [0.05, 0.1) is 5.02 Å². The number of halogens is 2. The molecule has 0 saturated carbocycles. The van der Waals surface area contributed by atoms with Crippen LogP contribution in [0.4, 0.5) is 5.69 Å². The van der Waals surface area contributed by atoms with Crippen molar-refractivity contribution in [3.63, 3.8) is 0 Å². The Hall–Kier alpha value is -0.780. The molecule has 21 heavy (non-hydrogen) atoms. The lowest BCUT2D eigenvalue weighted by molar-refractivity contribution is -0.124. The number of anilines is 1. The molecule has 2 aliphatic rings. The van der Waals surface area contributed by atoms with Gasteiger partial charge in [-0.05, 0) is 66.4 Å². The molecule has 2 heterocycles. The molecule has 114 valence electrons.